The molecule has 0 spiro atoms. The number of ether oxygens (including phenoxy) is 5. The molecule has 122 valence electrons. The quantitative estimate of drug-likeness (QED) is 0.798. The molecule has 3 saturated heterocycles. The van der Waals surface area contributed by atoms with Gasteiger partial charge in [0, 0.05) is 0 Å². The highest BCUT2D eigenvalue weighted by Gasteiger charge is 2.58. The molecule has 0 aromatic rings. The predicted octanol–water partition coefficient (Wildman–Crippen LogP) is 2.62. The van der Waals surface area contributed by atoms with E-state index in [1.165, 1.54) is 0 Å². The first-order valence-corrected chi connectivity index (χ1v) is 8.14. The van der Waals surface area contributed by atoms with Gasteiger partial charge < -0.3 is 23.7 Å². The van der Waals surface area contributed by atoms with E-state index in [-0.39, 0.29) is 30.5 Å². The van der Waals surface area contributed by atoms with E-state index in [0.717, 1.165) is 19.3 Å². The van der Waals surface area contributed by atoms with Gasteiger partial charge in [-0.15, -0.1) is 0 Å². The summed E-state index contributed by atoms with van der Waals surface area (Å²) in [6.07, 6.45) is 3.13. The van der Waals surface area contributed by atoms with Gasteiger partial charge in [0.05, 0.1) is 12.7 Å². The van der Waals surface area contributed by atoms with Gasteiger partial charge in [0.15, 0.2) is 11.6 Å². The molecular weight excluding hydrogens is 272 g/mol. The molecule has 0 aromatic heterocycles. The highest BCUT2D eigenvalue weighted by Crippen LogP contribution is 2.43. The molecule has 0 amide bonds. The van der Waals surface area contributed by atoms with Crippen molar-refractivity contribution in [3.05, 3.63) is 0 Å². The van der Waals surface area contributed by atoms with Crippen LogP contribution in [0, 0.1) is 0 Å². The van der Waals surface area contributed by atoms with Crippen molar-refractivity contribution in [3.63, 3.8) is 0 Å². The molecule has 0 aliphatic carbocycles. The Morgan fingerprint density at radius 2 is 1.62 bits per heavy atom. The first kappa shape index (κ1) is 15.7. The standard InChI is InChI=1S/C16H28O5/c1-6-7-8-10-13-14(21-16(4,5)20-13)12(18-10)11-9-17-15(2,3)19-11/h10-14H,6-9H2,1-5H3/t10-,11-,12-,13-,14+/m1/s1. The van der Waals surface area contributed by atoms with Gasteiger partial charge >= 0.3 is 0 Å². The smallest absolute Gasteiger partial charge is 0.164 e. The van der Waals surface area contributed by atoms with Crippen LogP contribution in [0.4, 0.5) is 0 Å². The van der Waals surface area contributed by atoms with Crippen molar-refractivity contribution in [2.24, 2.45) is 0 Å². The second-order valence-corrected chi connectivity index (χ2v) is 7.21. The lowest BCUT2D eigenvalue weighted by Crippen LogP contribution is -2.40. The maximum absolute atomic E-state index is 6.25. The van der Waals surface area contributed by atoms with Gasteiger partial charge in [0.2, 0.25) is 0 Å². The topological polar surface area (TPSA) is 46.2 Å². The molecule has 3 heterocycles. The minimum Gasteiger partial charge on any atom is -0.367 e. The van der Waals surface area contributed by atoms with Crippen molar-refractivity contribution in [1.82, 2.24) is 0 Å². The molecule has 0 N–H and O–H groups in total. The van der Waals surface area contributed by atoms with Crippen molar-refractivity contribution in [2.45, 2.75) is 96.0 Å². The zero-order valence-corrected chi connectivity index (χ0v) is 13.8. The molecule has 3 fully saturated rings. The Balaban J connectivity index is 1.72. The lowest BCUT2D eigenvalue weighted by Gasteiger charge is -2.27. The van der Waals surface area contributed by atoms with E-state index in [1.54, 1.807) is 0 Å². The molecule has 0 aromatic carbocycles. The highest BCUT2D eigenvalue weighted by atomic mass is 16.8. The molecule has 3 aliphatic heterocycles. The molecule has 3 rings (SSSR count). The Hall–Kier alpha value is -0.200. The molecule has 5 heteroatoms. The van der Waals surface area contributed by atoms with E-state index in [1.807, 2.05) is 27.7 Å². The van der Waals surface area contributed by atoms with E-state index in [0.29, 0.717) is 6.61 Å². The summed E-state index contributed by atoms with van der Waals surface area (Å²) in [6, 6.07) is 0. The lowest BCUT2D eigenvalue weighted by atomic mass is 10.0. The Morgan fingerprint density at radius 1 is 0.905 bits per heavy atom. The van der Waals surface area contributed by atoms with Crippen LogP contribution in [-0.4, -0.2) is 48.7 Å². The third-order valence-corrected chi connectivity index (χ3v) is 4.42. The van der Waals surface area contributed by atoms with Crippen molar-refractivity contribution in [3.8, 4) is 0 Å². The van der Waals surface area contributed by atoms with Crippen LogP contribution in [0.15, 0.2) is 0 Å². The number of hydrogen-bond acceptors (Lipinski definition) is 5. The third kappa shape index (κ3) is 3.13. The van der Waals surface area contributed by atoms with Crippen LogP contribution in [0.2, 0.25) is 0 Å². The average Bonchev–Trinajstić information content (AvgIpc) is 2.98. The van der Waals surface area contributed by atoms with Gasteiger partial charge in [-0.2, -0.15) is 0 Å². The fourth-order valence-corrected chi connectivity index (χ4v) is 3.53. The number of rotatable bonds is 4. The van der Waals surface area contributed by atoms with Crippen LogP contribution in [0.3, 0.4) is 0 Å². The number of hydrogen-bond donors (Lipinski definition) is 0. The molecular formula is C16H28O5. The zero-order valence-electron chi connectivity index (χ0n) is 13.8. The second kappa shape index (κ2) is 5.46. The highest BCUT2D eigenvalue weighted by molar-refractivity contribution is 5.01. The molecule has 0 unspecified atom stereocenters. The lowest BCUT2D eigenvalue weighted by molar-refractivity contribution is -0.206. The van der Waals surface area contributed by atoms with Crippen molar-refractivity contribution in [2.75, 3.05) is 6.61 Å². The molecule has 5 atom stereocenters. The predicted molar refractivity (Wildman–Crippen MR) is 76.9 cm³/mol. The first-order chi connectivity index (χ1) is 9.81. The first-order valence-electron chi connectivity index (χ1n) is 8.14. The van der Waals surface area contributed by atoms with E-state index in [4.69, 9.17) is 23.7 Å². The summed E-state index contributed by atoms with van der Waals surface area (Å²) >= 11 is 0. The molecule has 0 bridgehead atoms. The molecule has 21 heavy (non-hydrogen) atoms. The maximum Gasteiger partial charge on any atom is 0.164 e. The molecule has 3 aliphatic rings. The van der Waals surface area contributed by atoms with Crippen LogP contribution in [0.1, 0.15) is 53.9 Å². The van der Waals surface area contributed by atoms with Crippen LogP contribution >= 0.6 is 0 Å². The SMILES string of the molecule is CCCC[C@H]1O[C@H]([C@H]2COC(C)(C)O2)[C@@H]2OC(C)(C)O[C@@H]21. The van der Waals surface area contributed by atoms with Crippen LogP contribution in [-0.2, 0) is 23.7 Å². The van der Waals surface area contributed by atoms with Gasteiger partial charge in [-0.25, -0.2) is 0 Å². The Kier molecular flexibility index (Phi) is 4.08. The molecule has 0 radical (unpaired) electrons. The summed E-state index contributed by atoms with van der Waals surface area (Å²) < 4.78 is 30.1. The summed E-state index contributed by atoms with van der Waals surface area (Å²) in [5, 5.41) is 0. The van der Waals surface area contributed by atoms with Crippen LogP contribution in [0.25, 0.3) is 0 Å². The summed E-state index contributed by atoms with van der Waals surface area (Å²) in [5.74, 6) is -1.09. The second-order valence-electron chi connectivity index (χ2n) is 7.21. The molecule has 0 saturated carbocycles. The number of unbranched alkanes of at least 4 members (excludes halogenated alkanes) is 1. The van der Waals surface area contributed by atoms with E-state index >= 15 is 0 Å². The van der Waals surface area contributed by atoms with Gasteiger partial charge in [-0.1, -0.05) is 19.8 Å². The largest absolute Gasteiger partial charge is 0.367 e. The number of fused-ring (bicyclic) bond motifs is 1. The van der Waals surface area contributed by atoms with Crippen LogP contribution in [0.5, 0.6) is 0 Å². The Bertz CT molecular complexity index is 381. The van der Waals surface area contributed by atoms with Crippen molar-refractivity contribution in [1.29, 1.82) is 0 Å². The van der Waals surface area contributed by atoms with E-state index in [2.05, 4.69) is 6.92 Å². The summed E-state index contributed by atoms with van der Waals surface area (Å²) in [4.78, 5) is 0. The average molecular weight is 300 g/mol. The monoisotopic (exact) mass is 300 g/mol. The van der Waals surface area contributed by atoms with Gasteiger partial charge in [0.1, 0.15) is 24.4 Å². The summed E-state index contributed by atoms with van der Waals surface area (Å²) in [6.45, 7) is 10.5. The normalized spacial score (nSPS) is 44.1. The third-order valence-electron chi connectivity index (χ3n) is 4.42. The van der Waals surface area contributed by atoms with Crippen molar-refractivity contribution < 1.29 is 23.7 Å². The minimum absolute atomic E-state index is 0.00358. The fraction of sp³-hybridized carbons (Fsp3) is 1.00. The van der Waals surface area contributed by atoms with E-state index < -0.39 is 11.6 Å². The minimum atomic E-state index is -0.545. The van der Waals surface area contributed by atoms with Crippen molar-refractivity contribution >= 4 is 0 Å². The Morgan fingerprint density at radius 3 is 2.24 bits per heavy atom. The zero-order chi connectivity index (χ0) is 15.3. The van der Waals surface area contributed by atoms with Gasteiger partial charge in [-0.05, 0) is 34.1 Å². The van der Waals surface area contributed by atoms with Crippen LogP contribution < -0.4 is 0 Å². The Labute approximate surface area is 127 Å². The van der Waals surface area contributed by atoms with E-state index in [9.17, 15) is 0 Å². The fourth-order valence-electron chi connectivity index (χ4n) is 3.53. The maximum atomic E-state index is 6.25. The van der Waals surface area contributed by atoms with Gasteiger partial charge in [0.25, 0.3) is 0 Å². The van der Waals surface area contributed by atoms with Gasteiger partial charge in [-0.3, -0.25) is 0 Å². The molecule has 5 nitrogen and oxygen atoms in total. The summed E-state index contributed by atoms with van der Waals surface area (Å²) in [7, 11) is 0. The summed E-state index contributed by atoms with van der Waals surface area (Å²) in [5.41, 5.74) is 0.